The molecular weight excluding hydrogens is 217 g/mol. The van der Waals surface area contributed by atoms with Gasteiger partial charge in [0.15, 0.2) is 0 Å². The Bertz CT molecular complexity index is 505. The van der Waals surface area contributed by atoms with Crippen molar-refractivity contribution in [3.05, 3.63) is 42.2 Å². The highest BCUT2D eigenvalue weighted by atomic mass is 19.1. The Labute approximate surface area is 99.7 Å². The fourth-order valence-corrected chi connectivity index (χ4v) is 3.05. The molecule has 1 amide bonds. The zero-order valence-electron chi connectivity index (χ0n) is 9.58. The molecule has 1 aromatic carbocycles. The van der Waals surface area contributed by atoms with Gasteiger partial charge < -0.3 is 4.90 Å². The highest BCUT2D eigenvalue weighted by Gasteiger charge is 2.49. The van der Waals surface area contributed by atoms with Crippen LogP contribution in [0, 0.1) is 5.82 Å². The molecule has 0 aromatic heterocycles. The molecule has 0 bridgehead atoms. The summed E-state index contributed by atoms with van der Waals surface area (Å²) in [4.78, 5) is 13.5. The van der Waals surface area contributed by atoms with Gasteiger partial charge in [-0.3, -0.25) is 4.79 Å². The van der Waals surface area contributed by atoms with Crippen LogP contribution in [0.3, 0.4) is 0 Å². The Kier molecular flexibility index (Phi) is 2.12. The number of carbonyl (C=O) groups excluding carboxylic acids is 1. The molecule has 1 fully saturated rings. The normalized spacial score (nSPS) is 19.9. The molecule has 1 aliphatic heterocycles. The van der Waals surface area contributed by atoms with E-state index in [1.54, 1.807) is 11.0 Å². The zero-order valence-corrected chi connectivity index (χ0v) is 9.58. The second-order valence-electron chi connectivity index (χ2n) is 4.90. The smallest absolute Gasteiger partial charge is 0.250 e. The number of carbonyl (C=O) groups is 1. The summed E-state index contributed by atoms with van der Waals surface area (Å²) in [7, 11) is 0. The Morgan fingerprint density at radius 1 is 1.47 bits per heavy atom. The van der Waals surface area contributed by atoms with Gasteiger partial charge in [-0.2, -0.15) is 0 Å². The fourth-order valence-electron chi connectivity index (χ4n) is 3.05. The van der Waals surface area contributed by atoms with E-state index in [9.17, 15) is 9.18 Å². The van der Waals surface area contributed by atoms with E-state index >= 15 is 0 Å². The lowest BCUT2D eigenvalue weighted by Gasteiger charge is -2.38. The van der Waals surface area contributed by atoms with Gasteiger partial charge in [0.25, 0.3) is 0 Å². The summed E-state index contributed by atoms with van der Waals surface area (Å²) in [6.07, 6.45) is 4.36. The van der Waals surface area contributed by atoms with E-state index < -0.39 is 0 Å². The van der Waals surface area contributed by atoms with E-state index in [2.05, 4.69) is 6.58 Å². The number of halogens is 1. The number of fused-ring (bicyclic) bond motifs is 2. The third-order valence-corrected chi connectivity index (χ3v) is 4.02. The van der Waals surface area contributed by atoms with Gasteiger partial charge in [-0.25, -0.2) is 4.39 Å². The first kappa shape index (κ1) is 10.5. The van der Waals surface area contributed by atoms with Crippen LogP contribution in [0.1, 0.15) is 24.8 Å². The summed E-state index contributed by atoms with van der Waals surface area (Å²) in [6, 6.07) is 4.98. The van der Waals surface area contributed by atoms with Crippen molar-refractivity contribution in [2.75, 3.05) is 11.4 Å². The van der Waals surface area contributed by atoms with Gasteiger partial charge in [-0.15, -0.1) is 0 Å². The molecule has 1 aliphatic carbocycles. The van der Waals surface area contributed by atoms with E-state index in [0.717, 1.165) is 30.5 Å². The maximum absolute atomic E-state index is 14.0. The van der Waals surface area contributed by atoms with Gasteiger partial charge in [0.2, 0.25) is 5.91 Å². The van der Waals surface area contributed by atoms with Crippen molar-refractivity contribution < 1.29 is 9.18 Å². The molecule has 1 spiro atoms. The van der Waals surface area contributed by atoms with Crippen molar-refractivity contribution in [3.63, 3.8) is 0 Å². The van der Waals surface area contributed by atoms with Crippen molar-refractivity contribution in [3.8, 4) is 0 Å². The van der Waals surface area contributed by atoms with Crippen LogP contribution in [0.25, 0.3) is 0 Å². The second-order valence-corrected chi connectivity index (χ2v) is 4.90. The van der Waals surface area contributed by atoms with E-state index in [4.69, 9.17) is 0 Å². The topological polar surface area (TPSA) is 20.3 Å². The summed E-state index contributed by atoms with van der Waals surface area (Å²) < 4.78 is 14.0. The van der Waals surface area contributed by atoms with Crippen molar-refractivity contribution in [2.24, 2.45) is 0 Å². The highest BCUT2D eigenvalue weighted by Crippen LogP contribution is 2.53. The largest absolute Gasteiger partial charge is 0.308 e. The Hall–Kier alpha value is -1.64. The first-order valence-corrected chi connectivity index (χ1v) is 5.91. The Morgan fingerprint density at radius 2 is 2.24 bits per heavy atom. The van der Waals surface area contributed by atoms with Crippen LogP contribution in [-0.4, -0.2) is 12.5 Å². The molecule has 0 atom stereocenters. The lowest BCUT2D eigenvalue weighted by molar-refractivity contribution is -0.114. The number of anilines is 1. The maximum atomic E-state index is 14.0. The molecule has 17 heavy (non-hydrogen) atoms. The van der Waals surface area contributed by atoms with E-state index in [-0.39, 0.29) is 17.1 Å². The number of nitrogens with zero attached hydrogens (tertiary/aromatic N) is 1. The van der Waals surface area contributed by atoms with Crippen molar-refractivity contribution in [1.82, 2.24) is 0 Å². The minimum absolute atomic E-state index is 0.126. The Balaban J connectivity index is 2.15. The third kappa shape index (κ3) is 1.28. The van der Waals surface area contributed by atoms with Gasteiger partial charge >= 0.3 is 0 Å². The van der Waals surface area contributed by atoms with Gasteiger partial charge in [-0.05, 0) is 31.1 Å². The molecule has 3 heteroatoms. The molecule has 3 rings (SSSR count). The quantitative estimate of drug-likeness (QED) is 0.680. The lowest BCUT2D eigenvalue weighted by Crippen LogP contribution is -2.41. The lowest BCUT2D eigenvalue weighted by atomic mass is 9.65. The van der Waals surface area contributed by atoms with Crippen LogP contribution >= 0.6 is 0 Å². The van der Waals surface area contributed by atoms with E-state index in [1.807, 2.05) is 6.07 Å². The molecule has 0 N–H and O–H groups in total. The molecule has 1 heterocycles. The van der Waals surface area contributed by atoms with Crippen LogP contribution in [0.5, 0.6) is 0 Å². The summed E-state index contributed by atoms with van der Waals surface area (Å²) in [6.45, 7) is 4.11. The second kappa shape index (κ2) is 3.42. The molecule has 2 nitrogen and oxygen atoms in total. The third-order valence-electron chi connectivity index (χ3n) is 4.02. The van der Waals surface area contributed by atoms with Gasteiger partial charge in [-0.1, -0.05) is 19.1 Å². The molecule has 0 saturated heterocycles. The van der Waals surface area contributed by atoms with Crippen LogP contribution in [-0.2, 0) is 10.2 Å². The predicted octanol–water partition coefficient (Wildman–Crippen LogP) is 2.78. The number of rotatable bonds is 1. The first-order valence-electron chi connectivity index (χ1n) is 5.91. The molecule has 0 unspecified atom stereocenters. The number of amides is 1. The molecule has 1 aromatic rings. The monoisotopic (exact) mass is 231 g/mol. The van der Waals surface area contributed by atoms with E-state index in [1.165, 1.54) is 12.1 Å². The minimum Gasteiger partial charge on any atom is -0.308 e. The van der Waals surface area contributed by atoms with Crippen molar-refractivity contribution >= 4 is 11.6 Å². The molecule has 0 radical (unpaired) electrons. The van der Waals surface area contributed by atoms with Crippen LogP contribution < -0.4 is 4.90 Å². The zero-order chi connectivity index (χ0) is 12.0. The summed E-state index contributed by atoms with van der Waals surface area (Å²) in [5.74, 6) is -0.317. The summed E-state index contributed by atoms with van der Waals surface area (Å²) >= 11 is 0. The minimum atomic E-state index is -0.179. The number of hydrogen-bond donors (Lipinski definition) is 0. The molecule has 2 aliphatic rings. The molecule has 88 valence electrons. The maximum Gasteiger partial charge on any atom is 0.250 e. The van der Waals surface area contributed by atoms with E-state index in [0.29, 0.717) is 6.54 Å². The molecular formula is C14H14FNO. The summed E-state index contributed by atoms with van der Waals surface area (Å²) in [5.41, 5.74) is 1.34. The van der Waals surface area contributed by atoms with Crippen molar-refractivity contribution in [2.45, 2.75) is 24.7 Å². The average Bonchev–Trinajstić information content (AvgIpc) is 2.64. The number of benzene rings is 1. The fraction of sp³-hybridized carbons (Fsp3) is 0.357. The van der Waals surface area contributed by atoms with Gasteiger partial charge in [0.05, 0.1) is 5.69 Å². The number of hydrogen-bond acceptors (Lipinski definition) is 1. The average molecular weight is 231 g/mol. The predicted molar refractivity (Wildman–Crippen MR) is 64.5 cm³/mol. The summed E-state index contributed by atoms with van der Waals surface area (Å²) in [5, 5.41) is 0. The molecule has 1 saturated carbocycles. The van der Waals surface area contributed by atoms with Crippen molar-refractivity contribution in [1.29, 1.82) is 0 Å². The van der Waals surface area contributed by atoms with Crippen LogP contribution in [0.2, 0.25) is 0 Å². The standard InChI is InChI=1S/C14H14FNO/c1-2-12(17)16-9-14(7-4-8-14)13-10(15)5-3-6-11(13)16/h2-3,5-6H,1,4,7-9H2. The SMILES string of the molecule is C=CC(=O)N1CC2(CCC2)c2c(F)cccc21. The van der Waals surface area contributed by atoms with Gasteiger partial charge in [0.1, 0.15) is 5.82 Å². The van der Waals surface area contributed by atoms with Crippen LogP contribution in [0.4, 0.5) is 10.1 Å². The highest BCUT2D eigenvalue weighted by molar-refractivity contribution is 6.03. The van der Waals surface area contributed by atoms with Gasteiger partial charge in [0, 0.05) is 17.5 Å². The first-order chi connectivity index (χ1) is 8.18. The Morgan fingerprint density at radius 3 is 2.82 bits per heavy atom. The van der Waals surface area contributed by atoms with Crippen LogP contribution in [0.15, 0.2) is 30.9 Å².